The van der Waals surface area contributed by atoms with E-state index in [2.05, 4.69) is 15.9 Å². The van der Waals surface area contributed by atoms with Crippen LogP contribution in [0.4, 0.5) is 10.2 Å². The lowest BCUT2D eigenvalue weighted by Gasteiger charge is -2.35. The van der Waals surface area contributed by atoms with Crippen LogP contribution in [0.2, 0.25) is 0 Å². The molecule has 142 valence electrons. The van der Waals surface area contributed by atoms with Crippen LogP contribution in [0.25, 0.3) is 16.8 Å². The predicted molar refractivity (Wildman–Crippen MR) is 104 cm³/mol. The third kappa shape index (κ3) is 3.40. The summed E-state index contributed by atoms with van der Waals surface area (Å²) in [6, 6.07) is 8.55. The highest BCUT2D eigenvalue weighted by Crippen LogP contribution is 2.30. The molecule has 0 saturated carbocycles. The molecule has 7 heteroatoms. The van der Waals surface area contributed by atoms with E-state index in [1.165, 1.54) is 12.1 Å². The molecule has 1 N–H and O–H groups in total. The largest absolute Gasteiger partial charge is 0.395 e. The molecule has 1 saturated heterocycles. The number of hydrogen-bond acceptors (Lipinski definition) is 5. The van der Waals surface area contributed by atoms with Gasteiger partial charge in [-0.05, 0) is 31.5 Å². The number of nitrogens with zero attached hydrogens (tertiary/aromatic N) is 5. The van der Waals surface area contributed by atoms with Gasteiger partial charge in [-0.3, -0.25) is 4.90 Å². The van der Waals surface area contributed by atoms with Crippen LogP contribution in [-0.2, 0) is 0 Å². The van der Waals surface area contributed by atoms with Crippen molar-refractivity contribution in [3.63, 3.8) is 0 Å². The number of aromatic nitrogens is 3. The number of fused-ring (bicyclic) bond motifs is 1. The van der Waals surface area contributed by atoms with E-state index in [1.54, 1.807) is 12.1 Å². The number of rotatable bonds is 4. The quantitative estimate of drug-likeness (QED) is 0.765. The lowest BCUT2D eigenvalue weighted by molar-refractivity contribution is 0.188. The second kappa shape index (κ2) is 7.25. The van der Waals surface area contributed by atoms with Crippen molar-refractivity contribution >= 4 is 11.5 Å². The summed E-state index contributed by atoms with van der Waals surface area (Å²) in [7, 11) is 0. The van der Waals surface area contributed by atoms with Gasteiger partial charge in [0.1, 0.15) is 11.6 Å². The van der Waals surface area contributed by atoms with Crippen molar-refractivity contribution < 1.29 is 9.50 Å². The molecule has 3 heterocycles. The van der Waals surface area contributed by atoms with Crippen LogP contribution in [0, 0.1) is 19.7 Å². The number of piperazine rings is 1. The minimum atomic E-state index is -0.251. The maximum absolute atomic E-state index is 13.3. The van der Waals surface area contributed by atoms with Crippen LogP contribution in [0.1, 0.15) is 11.4 Å². The molecule has 0 radical (unpaired) electrons. The number of β-amino-alcohol motifs (C(OH)–C–C–N with tert-alkyl or cyclic N) is 1. The molecule has 0 amide bonds. The average Bonchev–Trinajstić information content (AvgIpc) is 2.98. The fourth-order valence-electron chi connectivity index (χ4n) is 3.75. The molecule has 0 aliphatic carbocycles. The molecule has 6 nitrogen and oxygen atoms in total. The fraction of sp³-hybridized carbons (Fsp3) is 0.400. The van der Waals surface area contributed by atoms with Gasteiger partial charge >= 0.3 is 0 Å². The smallest absolute Gasteiger partial charge is 0.165 e. The summed E-state index contributed by atoms with van der Waals surface area (Å²) in [5.74, 6) is 0.774. The molecule has 0 spiro atoms. The standard InChI is InChI=1S/C20H24FN5O/c1-14-13-18(25-9-7-24(8-10-25)11-12-27)26-20(22-14)19(15(2)23-26)16-3-5-17(21)6-4-16/h3-6,13,27H,7-12H2,1-2H3. The summed E-state index contributed by atoms with van der Waals surface area (Å²) in [5.41, 5.74) is 4.46. The van der Waals surface area contributed by atoms with Crippen molar-refractivity contribution in [1.82, 2.24) is 19.5 Å². The predicted octanol–water partition coefficient (Wildman–Crippen LogP) is 2.27. The molecule has 1 aliphatic rings. The molecule has 0 unspecified atom stereocenters. The topological polar surface area (TPSA) is 56.9 Å². The van der Waals surface area contributed by atoms with E-state index < -0.39 is 0 Å². The Balaban J connectivity index is 1.75. The van der Waals surface area contributed by atoms with Gasteiger partial charge in [-0.1, -0.05) is 12.1 Å². The maximum atomic E-state index is 13.3. The minimum absolute atomic E-state index is 0.192. The van der Waals surface area contributed by atoms with E-state index in [1.807, 2.05) is 18.4 Å². The molecular weight excluding hydrogens is 345 g/mol. The van der Waals surface area contributed by atoms with Gasteiger partial charge < -0.3 is 10.0 Å². The second-order valence-electron chi connectivity index (χ2n) is 7.01. The van der Waals surface area contributed by atoms with Gasteiger partial charge in [0.25, 0.3) is 0 Å². The third-order valence-corrected chi connectivity index (χ3v) is 5.12. The van der Waals surface area contributed by atoms with Crippen LogP contribution in [0.5, 0.6) is 0 Å². The number of aliphatic hydroxyl groups is 1. The Morgan fingerprint density at radius 2 is 1.78 bits per heavy atom. The zero-order chi connectivity index (χ0) is 19.0. The number of aryl methyl sites for hydroxylation is 2. The van der Waals surface area contributed by atoms with Crippen molar-refractivity contribution in [1.29, 1.82) is 0 Å². The van der Waals surface area contributed by atoms with Crippen molar-refractivity contribution in [2.24, 2.45) is 0 Å². The zero-order valence-electron chi connectivity index (χ0n) is 15.7. The van der Waals surface area contributed by atoms with E-state index in [0.717, 1.165) is 60.2 Å². The second-order valence-corrected chi connectivity index (χ2v) is 7.01. The van der Waals surface area contributed by atoms with Crippen LogP contribution in [0.15, 0.2) is 30.3 Å². The Kier molecular flexibility index (Phi) is 4.80. The number of anilines is 1. The molecule has 1 aliphatic heterocycles. The summed E-state index contributed by atoms with van der Waals surface area (Å²) < 4.78 is 15.2. The van der Waals surface area contributed by atoms with Gasteiger partial charge in [-0.15, -0.1) is 0 Å². The maximum Gasteiger partial charge on any atom is 0.165 e. The number of aliphatic hydroxyl groups excluding tert-OH is 1. The minimum Gasteiger partial charge on any atom is -0.395 e. The molecule has 27 heavy (non-hydrogen) atoms. The van der Waals surface area contributed by atoms with Crippen molar-refractivity contribution in [3.8, 4) is 11.1 Å². The molecule has 4 rings (SSSR count). The highest BCUT2D eigenvalue weighted by Gasteiger charge is 2.22. The van der Waals surface area contributed by atoms with Crippen molar-refractivity contribution in [2.45, 2.75) is 13.8 Å². The van der Waals surface area contributed by atoms with Crippen molar-refractivity contribution in [2.75, 3.05) is 44.2 Å². The lowest BCUT2D eigenvalue weighted by Crippen LogP contribution is -2.47. The average molecular weight is 369 g/mol. The summed E-state index contributed by atoms with van der Waals surface area (Å²) in [4.78, 5) is 9.31. The van der Waals surface area contributed by atoms with Crippen LogP contribution < -0.4 is 4.90 Å². The van der Waals surface area contributed by atoms with E-state index in [0.29, 0.717) is 6.54 Å². The summed E-state index contributed by atoms with van der Waals surface area (Å²) in [6.07, 6.45) is 0. The van der Waals surface area contributed by atoms with Gasteiger partial charge in [0.15, 0.2) is 5.65 Å². The fourth-order valence-corrected chi connectivity index (χ4v) is 3.75. The molecule has 0 bridgehead atoms. The van der Waals surface area contributed by atoms with E-state index in [-0.39, 0.29) is 12.4 Å². The molecule has 1 fully saturated rings. The number of benzene rings is 1. The Morgan fingerprint density at radius 3 is 2.44 bits per heavy atom. The van der Waals surface area contributed by atoms with Gasteiger partial charge in [0.2, 0.25) is 0 Å². The first kappa shape index (κ1) is 17.9. The van der Waals surface area contributed by atoms with E-state index in [4.69, 9.17) is 15.2 Å². The lowest BCUT2D eigenvalue weighted by atomic mass is 10.1. The summed E-state index contributed by atoms with van der Waals surface area (Å²) in [6.45, 7) is 8.44. The van der Waals surface area contributed by atoms with E-state index >= 15 is 0 Å². The van der Waals surface area contributed by atoms with Crippen LogP contribution in [0.3, 0.4) is 0 Å². The zero-order valence-corrected chi connectivity index (χ0v) is 15.7. The Labute approximate surface area is 157 Å². The first-order valence-electron chi connectivity index (χ1n) is 9.28. The van der Waals surface area contributed by atoms with Crippen LogP contribution >= 0.6 is 0 Å². The monoisotopic (exact) mass is 369 g/mol. The first-order chi connectivity index (χ1) is 13.1. The Hall–Kier alpha value is -2.51. The normalized spacial score (nSPS) is 15.6. The molecule has 0 atom stereocenters. The van der Waals surface area contributed by atoms with Gasteiger partial charge in [0.05, 0.1) is 12.3 Å². The van der Waals surface area contributed by atoms with Gasteiger partial charge in [-0.25, -0.2) is 9.37 Å². The molecule has 2 aromatic heterocycles. The van der Waals surface area contributed by atoms with Gasteiger partial charge in [0, 0.05) is 50.0 Å². The summed E-state index contributed by atoms with van der Waals surface area (Å²) >= 11 is 0. The number of halogens is 1. The third-order valence-electron chi connectivity index (χ3n) is 5.12. The van der Waals surface area contributed by atoms with Crippen molar-refractivity contribution in [3.05, 3.63) is 47.5 Å². The van der Waals surface area contributed by atoms with Crippen LogP contribution in [-0.4, -0.2) is 63.9 Å². The highest BCUT2D eigenvalue weighted by molar-refractivity contribution is 5.81. The molecule has 1 aromatic carbocycles. The Morgan fingerprint density at radius 1 is 1.07 bits per heavy atom. The number of hydrogen-bond donors (Lipinski definition) is 1. The SMILES string of the molecule is Cc1cc(N2CCN(CCO)CC2)n2nc(C)c(-c3ccc(F)cc3)c2n1. The summed E-state index contributed by atoms with van der Waals surface area (Å²) in [5, 5.41) is 13.9. The first-order valence-corrected chi connectivity index (χ1v) is 9.28. The Bertz CT molecular complexity index is 945. The highest BCUT2D eigenvalue weighted by atomic mass is 19.1. The van der Waals surface area contributed by atoms with Gasteiger partial charge in [-0.2, -0.15) is 9.61 Å². The molecular formula is C20H24FN5O. The van der Waals surface area contributed by atoms with E-state index in [9.17, 15) is 4.39 Å². The molecule has 3 aromatic rings.